The van der Waals surface area contributed by atoms with Crippen molar-refractivity contribution in [2.45, 2.75) is 6.42 Å². The monoisotopic (exact) mass is 321 g/mol. The zero-order chi connectivity index (χ0) is 16.8. The number of nitrogens with zero attached hydrogens (tertiary/aromatic N) is 1. The van der Waals surface area contributed by atoms with E-state index in [1.807, 2.05) is 0 Å². The SMILES string of the molecule is COc1ccc(OCCNC(=O)CC2C(=O)NN(C)C2=O)cc1. The molecule has 8 nitrogen and oxygen atoms in total. The van der Waals surface area contributed by atoms with Crippen LogP contribution in [0, 0.1) is 5.92 Å². The maximum Gasteiger partial charge on any atom is 0.253 e. The molecule has 23 heavy (non-hydrogen) atoms. The molecular weight excluding hydrogens is 302 g/mol. The Kier molecular flexibility index (Phi) is 5.40. The summed E-state index contributed by atoms with van der Waals surface area (Å²) in [6, 6.07) is 7.07. The fourth-order valence-corrected chi connectivity index (χ4v) is 2.11. The smallest absolute Gasteiger partial charge is 0.253 e. The van der Waals surface area contributed by atoms with Crippen molar-refractivity contribution < 1.29 is 23.9 Å². The first-order valence-electron chi connectivity index (χ1n) is 7.13. The van der Waals surface area contributed by atoms with Crippen molar-refractivity contribution in [2.24, 2.45) is 5.92 Å². The normalized spacial score (nSPS) is 17.0. The lowest BCUT2D eigenvalue weighted by molar-refractivity contribution is -0.135. The topological polar surface area (TPSA) is 97.0 Å². The second kappa shape index (κ2) is 7.48. The minimum atomic E-state index is -0.956. The third-order valence-corrected chi connectivity index (χ3v) is 3.36. The fourth-order valence-electron chi connectivity index (χ4n) is 2.11. The van der Waals surface area contributed by atoms with Gasteiger partial charge in [-0.25, -0.2) is 0 Å². The first-order chi connectivity index (χ1) is 11.0. The number of hydrogen-bond acceptors (Lipinski definition) is 5. The van der Waals surface area contributed by atoms with Crippen LogP contribution in [-0.2, 0) is 14.4 Å². The molecule has 1 aromatic carbocycles. The van der Waals surface area contributed by atoms with Gasteiger partial charge in [-0.1, -0.05) is 0 Å². The second-order valence-electron chi connectivity index (χ2n) is 5.00. The van der Waals surface area contributed by atoms with Crippen LogP contribution < -0.4 is 20.2 Å². The number of amides is 3. The summed E-state index contributed by atoms with van der Waals surface area (Å²) in [7, 11) is 3.03. The highest BCUT2D eigenvalue weighted by Gasteiger charge is 2.38. The van der Waals surface area contributed by atoms with Crippen molar-refractivity contribution >= 4 is 17.7 Å². The fraction of sp³-hybridized carbons (Fsp3) is 0.400. The number of rotatable bonds is 7. The zero-order valence-corrected chi connectivity index (χ0v) is 13.0. The lowest BCUT2D eigenvalue weighted by atomic mass is 10.1. The Morgan fingerprint density at radius 3 is 2.48 bits per heavy atom. The maximum absolute atomic E-state index is 11.8. The maximum atomic E-state index is 11.8. The van der Waals surface area contributed by atoms with Gasteiger partial charge in [-0.15, -0.1) is 0 Å². The molecule has 1 atom stereocenters. The summed E-state index contributed by atoms with van der Waals surface area (Å²) in [4.78, 5) is 34.9. The number of carbonyl (C=O) groups excluding carboxylic acids is 3. The molecule has 124 valence electrons. The van der Waals surface area contributed by atoms with E-state index in [0.29, 0.717) is 5.75 Å². The van der Waals surface area contributed by atoms with Gasteiger partial charge >= 0.3 is 0 Å². The first kappa shape index (κ1) is 16.6. The Labute approximate surface area is 133 Å². The Hall–Kier alpha value is -2.77. The molecule has 0 aliphatic carbocycles. The van der Waals surface area contributed by atoms with E-state index < -0.39 is 17.7 Å². The van der Waals surface area contributed by atoms with Crippen molar-refractivity contribution in [3.63, 3.8) is 0 Å². The quantitative estimate of drug-likeness (QED) is 0.531. The minimum absolute atomic E-state index is 0.169. The van der Waals surface area contributed by atoms with Gasteiger partial charge < -0.3 is 14.8 Å². The average Bonchev–Trinajstić information content (AvgIpc) is 2.78. The van der Waals surface area contributed by atoms with Crippen LogP contribution in [0.2, 0.25) is 0 Å². The molecule has 1 heterocycles. The van der Waals surface area contributed by atoms with Crippen molar-refractivity contribution in [3.8, 4) is 11.5 Å². The van der Waals surface area contributed by atoms with E-state index >= 15 is 0 Å². The Balaban J connectivity index is 1.68. The number of benzene rings is 1. The van der Waals surface area contributed by atoms with Crippen LogP contribution in [0.4, 0.5) is 0 Å². The molecule has 0 spiro atoms. The van der Waals surface area contributed by atoms with Crippen molar-refractivity contribution in [3.05, 3.63) is 24.3 Å². The number of hydrogen-bond donors (Lipinski definition) is 2. The van der Waals surface area contributed by atoms with Crippen molar-refractivity contribution in [1.29, 1.82) is 0 Å². The summed E-state index contributed by atoms with van der Waals surface area (Å²) in [5.74, 6) is -0.793. The van der Waals surface area contributed by atoms with E-state index in [2.05, 4.69) is 10.7 Å². The molecule has 0 aromatic heterocycles. The number of nitrogens with one attached hydrogen (secondary N) is 2. The molecule has 1 saturated heterocycles. The molecule has 3 amide bonds. The van der Waals surface area contributed by atoms with Crippen LogP contribution in [0.1, 0.15) is 6.42 Å². The lowest BCUT2D eigenvalue weighted by Crippen LogP contribution is -2.32. The highest BCUT2D eigenvalue weighted by molar-refractivity contribution is 6.07. The van der Waals surface area contributed by atoms with Crippen LogP contribution in [0.5, 0.6) is 11.5 Å². The Morgan fingerprint density at radius 1 is 1.26 bits per heavy atom. The van der Waals surface area contributed by atoms with Gasteiger partial charge in [0.2, 0.25) is 5.91 Å². The number of ether oxygens (including phenoxy) is 2. The molecule has 1 aliphatic heterocycles. The van der Waals surface area contributed by atoms with Gasteiger partial charge in [0.15, 0.2) is 0 Å². The number of hydrazine groups is 1. The van der Waals surface area contributed by atoms with E-state index in [9.17, 15) is 14.4 Å². The molecule has 0 bridgehead atoms. The molecule has 0 radical (unpaired) electrons. The van der Waals surface area contributed by atoms with E-state index in [1.54, 1.807) is 31.4 Å². The molecule has 1 fully saturated rings. The highest BCUT2D eigenvalue weighted by atomic mass is 16.5. The van der Waals surface area contributed by atoms with Gasteiger partial charge in [0.25, 0.3) is 11.8 Å². The zero-order valence-electron chi connectivity index (χ0n) is 13.0. The standard InChI is InChI=1S/C15H19N3O5/c1-18-15(21)12(14(20)17-18)9-13(19)16-7-8-23-11-5-3-10(22-2)4-6-11/h3-6,12H,7-9H2,1-2H3,(H,16,19)(H,17,20). The molecule has 1 aromatic rings. The predicted molar refractivity (Wildman–Crippen MR) is 80.5 cm³/mol. The Morgan fingerprint density at radius 2 is 1.91 bits per heavy atom. The summed E-state index contributed by atoms with van der Waals surface area (Å²) in [6.07, 6.45) is -0.169. The molecule has 1 unspecified atom stereocenters. The van der Waals surface area contributed by atoms with E-state index in [0.717, 1.165) is 10.8 Å². The van der Waals surface area contributed by atoms with Gasteiger partial charge in [-0.2, -0.15) is 0 Å². The highest BCUT2D eigenvalue weighted by Crippen LogP contribution is 2.16. The van der Waals surface area contributed by atoms with Crippen molar-refractivity contribution in [1.82, 2.24) is 15.8 Å². The van der Waals surface area contributed by atoms with Crippen LogP contribution in [0.25, 0.3) is 0 Å². The third kappa shape index (κ3) is 4.35. The van der Waals surface area contributed by atoms with Crippen LogP contribution in [0.3, 0.4) is 0 Å². The summed E-state index contributed by atoms with van der Waals surface area (Å²) >= 11 is 0. The van der Waals surface area contributed by atoms with Crippen LogP contribution >= 0.6 is 0 Å². The molecule has 8 heteroatoms. The van der Waals surface area contributed by atoms with Crippen LogP contribution in [0.15, 0.2) is 24.3 Å². The molecule has 2 rings (SSSR count). The van der Waals surface area contributed by atoms with Gasteiger partial charge in [0, 0.05) is 13.5 Å². The first-order valence-corrected chi connectivity index (χ1v) is 7.13. The lowest BCUT2D eigenvalue weighted by Gasteiger charge is -2.09. The van der Waals surface area contributed by atoms with E-state index in [-0.39, 0.29) is 25.5 Å². The van der Waals surface area contributed by atoms with E-state index in [1.165, 1.54) is 7.05 Å². The van der Waals surface area contributed by atoms with Gasteiger partial charge in [-0.05, 0) is 24.3 Å². The third-order valence-electron chi connectivity index (χ3n) is 3.36. The summed E-state index contributed by atoms with van der Waals surface area (Å²) in [5, 5.41) is 3.71. The number of methoxy groups -OCH3 is 1. The molecule has 1 aliphatic rings. The summed E-state index contributed by atoms with van der Waals surface area (Å²) in [6.45, 7) is 0.562. The summed E-state index contributed by atoms with van der Waals surface area (Å²) < 4.78 is 10.5. The predicted octanol–water partition coefficient (Wildman–Crippen LogP) is -0.300. The molecule has 0 saturated carbocycles. The van der Waals surface area contributed by atoms with Crippen molar-refractivity contribution in [2.75, 3.05) is 27.3 Å². The Bertz CT molecular complexity index is 587. The molecule has 2 N–H and O–H groups in total. The second-order valence-corrected chi connectivity index (χ2v) is 5.00. The average molecular weight is 321 g/mol. The van der Waals surface area contributed by atoms with Gasteiger partial charge in [0.05, 0.1) is 13.7 Å². The van der Waals surface area contributed by atoms with Gasteiger partial charge in [0.1, 0.15) is 24.0 Å². The molecular formula is C15H19N3O5. The van der Waals surface area contributed by atoms with Crippen LogP contribution in [-0.4, -0.2) is 50.0 Å². The van der Waals surface area contributed by atoms with Gasteiger partial charge in [-0.3, -0.25) is 24.8 Å². The minimum Gasteiger partial charge on any atom is -0.497 e. The largest absolute Gasteiger partial charge is 0.497 e. The number of carbonyl (C=O) groups is 3. The summed E-state index contributed by atoms with van der Waals surface area (Å²) in [5.41, 5.74) is 2.35. The van der Waals surface area contributed by atoms with E-state index in [4.69, 9.17) is 9.47 Å².